The lowest BCUT2D eigenvalue weighted by Gasteiger charge is -2.28. The third kappa shape index (κ3) is 2.95. The van der Waals surface area contributed by atoms with Crippen molar-refractivity contribution in [2.24, 2.45) is 0 Å². The van der Waals surface area contributed by atoms with E-state index in [4.69, 9.17) is 4.52 Å². The van der Waals surface area contributed by atoms with Crippen molar-refractivity contribution in [3.8, 4) is 23.0 Å². The van der Waals surface area contributed by atoms with Gasteiger partial charge in [-0.2, -0.15) is 4.98 Å². The van der Waals surface area contributed by atoms with Crippen LogP contribution in [0.25, 0.3) is 23.0 Å². The van der Waals surface area contributed by atoms with Gasteiger partial charge in [-0.3, -0.25) is 4.98 Å². The lowest BCUT2D eigenvalue weighted by Crippen LogP contribution is -2.29. The molecule has 0 unspecified atom stereocenters. The maximum absolute atomic E-state index is 5.32. The lowest BCUT2D eigenvalue weighted by molar-refractivity contribution is 0.431. The minimum atomic E-state index is 0.445. The average Bonchev–Trinajstić information content (AvgIpc) is 3.14. The third-order valence-corrected chi connectivity index (χ3v) is 4.16. The van der Waals surface area contributed by atoms with E-state index < -0.39 is 0 Å². The monoisotopic (exact) mass is 306 g/mol. The van der Waals surface area contributed by atoms with Crippen LogP contribution in [0.3, 0.4) is 0 Å². The van der Waals surface area contributed by atoms with E-state index in [0.29, 0.717) is 17.4 Å². The van der Waals surface area contributed by atoms with Gasteiger partial charge in [0, 0.05) is 30.5 Å². The van der Waals surface area contributed by atoms with Crippen LogP contribution >= 0.6 is 0 Å². The first kappa shape index (κ1) is 13.9. The minimum Gasteiger partial charge on any atom is -0.372 e. The van der Waals surface area contributed by atoms with E-state index in [1.807, 2.05) is 18.2 Å². The Bertz CT molecular complexity index is 761. The Balaban J connectivity index is 1.55. The second kappa shape index (κ2) is 6.20. The first-order chi connectivity index (χ1) is 11.4. The highest BCUT2D eigenvalue weighted by Crippen LogP contribution is 2.25. The predicted molar refractivity (Wildman–Crippen MR) is 89.0 cm³/mol. The van der Waals surface area contributed by atoms with Crippen molar-refractivity contribution in [3.63, 3.8) is 0 Å². The second-order valence-corrected chi connectivity index (χ2v) is 5.73. The molecule has 2 aromatic heterocycles. The molecule has 0 atom stereocenters. The molecule has 23 heavy (non-hydrogen) atoms. The maximum atomic E-state index is 5.32. The summed E-state index contributed by atoms with van der Waals surface area (Å²) in [6.07, 6.45) is 5.61. The Hall–Kier alpha value is -2.69. The molecule has 1 saturated heterocycles. The molecule has 1 aromatic carbocycles. The number of anilines is 1. The average molecular weight is 306 g/mol. The quantitative estimate of drug-likeness (QED) is 0.737. The van der Waals surface area contributed by atoms with Gasteiger partial charge >= 0.3 is 0 Å². The molecule has 0 radical (unpaired) electrons. The number of benzene rings is 1. The summed E-state index contributed by atoms with van der Waals surface area (Å²) in [5, 5.41) is 4.07. The van der Waals surface area contributed by atoms with Crippen molar-refractivity contribution >= 4 is 5.69 Å². The number of aromatic nitrogens is 3. The van der Waals surface area contributed by atoms with Crippen molar-refractivity contribution in [2.45, 2.75) is 19.3 Å². The van der Waals surface area contributed by atoms with Gasteiger partial charge in [0.1, 0.15) is 5.69 Å². The summed E-state index contributed by atoms with van der Waals surface area (Å²) in [6.45, 7) is 2.29. The van der Waals surface area contributed by atoms with E-state index in [-0.39, 0.29) is 0 Å². The normalized spacial score (nSPS) is 14.9. The highest BCUT2D eigenvalue weighted by Gasteiger charge is 2.13. The Morgan fingerprint density at radius 3 is 2.48 bits per heavy atom. The zero-order valence-electron chi connectivity index (χ0n) is 12.9. The molecule has 0 spiro atoms. The largest absolute Gasteiger partial charge is 0.372 e. The zero-order valence-corrected chi connectivity index (χ0v) is 12.9. The number of pyridine rings is 1. The van der Waals surface area contributed by atoms with Gasteiger partial charge in [0.2, 0.25) is 5.82 Å². The van der Waals surface area contributed by atoms with Gasteiger partial charge in [-0.05, 0) is 55.7 Å². The summed E-state index contributed by atoms with van der Waals surface area (Å²) in [6, 6.07) is 14.0. The van der Waals surface area contributed by atoms with Crippen LogP contribution in [0.2, 0.25) is 0 Å². The number of hydrogen-bond acceptors (Lipinski definition) is 5. The van der Waals surface area contributed by atoms with E-state index in [9.17, 15) is 0 Å². The van der Waals surface area contributed by atoms with Crippen molar-refractivity contribution in [2.75, 3.05) is 18.0 Å². The van der Waals surface area contributed by atoms with E-state index in [1.165, 1.54) is 24.9 Å². The summed E-state index contributed by atoms with van der Waals surface area (Å²) in [4.78, 5) is 11.1. The molecule has 5 heteroatoms. The molecule has 1 fully saturated rings. The van der Waals surface area contributed by atoms with Crippen LogP contribution in [0, 0.1) is 0 Å². The van der Waals surface area contributed by atoms with Gasteiger partial charge in [-0.25, -0.2) is 0 Å². The maximum Gasteiger partial charge on any atom is 0.276 e. The van der Waals surface area contributed by atoms with Crippen LogP contribution in [0.4, 0.5) is 5.69 Å². The van der Waals surface area contributed by atoms with Crippen LogP contribution in [0.5, 0.6) is 0 Å². The van der Waals surface area contributed by atoms with Gasteiger partial charge in [0.15, 0.2) is 0 Å². The Morgan fingerprint density at radius 1 is 0.913 bits per heavy atom. The predicted octanol–water partition coefficient (Wildman–Crippen LogP) is 3.79. The fourth-order valence-electron chi connectivity index (χ4n) is 2.91. The summed E-state index contributed by atoms with van der Waals surface area (Å²) in [5.74, 6) is 1.04. The highest BCUT2D eigenvalue weighted by atomic mass is 16.5. The Morgan fingerprint density at radius 2 is 1.74 bits per heavy atom. The summed E-state index contributed by atoms with van der Waals surface area (Å²) in [5.41, 5.74) is 2.91. The molecule has 3 heterocycles. The molecule has 0 aliphatic carbocycles. The molecular formula is C18H18N4O. The molecule has 3 aromatic rings. The minimum absolute atomic E-state index is 0.445. The van der Waals surface area contributed by atoms with Gasteiger partial charge in [-0.15, -0.1) is 0 Å². The van der Waals surface area contributed by atoms with Crippen LogP contribution in [0.15, 0.2) is 53.2 Å². The smallest absolute Gasteiger partial charge is 0.276 e. The SMILES string of the molecule is c1ccc(-c2nc(-c3ccc(N4CCCCC4)cc3)no2)nc1. The van der Waals surface area contributed by atoms with Crippen molar-refractivity contribution < 1.29 is 4.52 Å². The Kier molecular flexibility index (Phi) is 3.76. The van der Waals surface area contributed by atoms with Gasteiger partial charge in [0.05, 0.1) is 0 Å². The van der Waals surface area contributed by atoms with E-state index in [1.54, 1.807) is 6.20 Å². The molecule has 1 aliphatic heterocycles. The summed E-state index contributed by atoms with van der Waals surface area (Å²) >= 11 is 0. The Labute approximate surface area is 135 Å². The van der Waals surface area contributed by atoms with E-state index >= 15 is 0 Å². The highest BCUT2D eigenvalue weighted by molar-refractivity contribution is 5.62. The number of nitrogens with zero attached hydrogens (tertiary/aromatic N) is 4. The first-order valence-corrected chi connectivity index (χ1v) is 8.01. The van der Waals surface area contributed by atoms with Crippen LogP contribution in [-0.4, -0.2) is 28.2 Å². The molecule has 5 nitrogen and oxygen atoms in total. The van der Waals surface area contributed by atoms with Gasteiger partial charge < -0.3 is 9.42 Å². The van der Waals surface area contributed by atoms with Crippen LogP contribution in [-0.2, 0) is 0 Å². The molecule has 0 amide bonds. The molecule has 0 bridgehead atoms. The van der Waals surface area contributed by atoms with E-state index in [2.05, 4.69) is 44.3 Å². The molecule has 116 valence electrons. The fraction of sp³-hybridized carbons (Fsp3) is 0.278. The topological polar surface area (TPSA) is 55.1 Å². The molecule has 1 aliphatic rings. The zero-order chi connectivity index (χ0) is 15.5. The van der Waals surface area contributed by atoms with Gasteiger partial charge in [-0.1, -0.05) is 11.2 Å². The standard InChI is InChI=1S/C18H18N4O/c1-4-12-22(13-5-1)15-9-7-14(8-10-15)17-20-18(23-21-17)16-6-2-3-11-19-16/h2-3,6-11H,1,4-5,12-13H2. The van der Waals surface area contributed by atoms with Crippen molar-refractivity contribution in [1.29, 1.82) is 0 Å². The number of hydrogen-bond donors (Lipinski definition) is 0. The van der Waals surface area contributed by atoms with Crippen molar-refractivity contribution in [3.05, 3.63) is 48.7 Å². The molecular weight excluding hydrogens is 288 g/mol. The molecule has 0 saturated carbocycles. The fourth-order valence-corrected chi connectivity index (χ4v) is 2.91. The van der Waals surface area contributed by atoms with Crippen LogP contribution in [0.1, 0.15) is 19.3 Å². The summed E-state index contributed by atoms with van der Waals surface area (Å²) < 4.78 is 5.32. The first-order valence-electron chi connectivity index (χ1n) is 8.01. The molecule has 0 N–H and O–H groups in total. The third-order valence-electron chi connectivity index (χ3n) is 4.16. The molecule has 4 rings (SSSR count). The number of piperidine rings is 1. The van der Waals surface area contributed by atoms with Crippen LogP contribution < -0.4 is 4.90 Å². The lowest BCUT2D eigenvalue weighted by atomic mass is 10.1. The van der Waals surface area contributed by atoms with E-state index in [0.717, 1.165) is 18.7 Å². The van der Waals surface area contributed by atoms with Crippen molar-refractivity contribution in [1.82, 2.24) is 15.1 Å². The van der Waals surface area contributed by atoms with Gasteiger partial charge in [0.25, 0.3) is 5.89 Å². The second-order valence-electron chi connectivity index (χ2n) is 5.73. The number of rotatable bonds is 3. The summed E-state index contributed by atoms with van der Waals surface area (Å²) in [7, 11) is 0.